The van der Waals surface area contributed by atoms with Gasteiger partial charge in [0.2, 0.25) is 5.91 Å². The molecule has 116 valence electrons. The van der Waals surface area contributed by atoms with Gasteiger partial charge in [0.05, 0.1) is 17.9 Å². The normalized spacial score (nSPS) is 23.2. The Balaban J connectivity index is 1.63. The van der Waals surface area contributed by atoms with Crippen molar-refractivity contribution in [1.29, 1.82) is 0 Å². The number of aromatic amines is 1. The summed E-state index contributed by atoms with van der Waals surface area (Å²) in [5.74, 6) is 0.00150. The Hall–Kier alpha value is -1.28. The first-order valence-corrected chi connectivity index (χ1v) is 8.25. The highest BCUT2D eigenvalue weighted by molar-refractivity contribution is 8.00. The van der Waals surface area contributed by atoms with Crippen LogP contribution < -0.4 is 11.0 Å². The topological polar surface area (TPSA) is 89.0 Å². The summed E-state index contributed by atoms with van der Waals surface area (Å²) >= 11 is 1.31. The van der Waals surface area contributed by atoms with Crippen LogP contribution in [0.4, 0.5) is 0 Å². The van der Waals surface area contributed by atoms with Gasteiger partial charge in [0.25, 0.3) is 0 Å². The summed E-state index contributed by atoms with van der Waals surface area (Å²) in [5, 5.41) is 9.73. The Labute approximate surface area is 126 Å². The molecule has 2 N–H and O–H groups in total. The Morgan fingerprint density at radius 1 is 1.57 bits per heavy atom. The molecule has 8 heteroatoms. The number of nitrogens with zero attached hydrogens (tertiary/aromatic N) is 2. The summed E-state index contributed by atoms with van der Waals surface area (Å²) in [6.45, 7) is 3.08. The van der Waals surface area contributed by atoms with Crippen molar-refractivity contribution >= 4 is 17.7 Å². The molecule has 3 rings (SSSR count). The molecule has 0 aromatic carbocycles. The molecule has 2 fully saturated rings. The van der Waals surface area contributed by atoms with Gasteiger partial charge in [-0.15, -0.1) is 5.10 Å². The number of amides is 1. The van der Waals surface area contributed by atoms with E-state index >= 15 is 0 Å². The zero-order valence-corrected chi connectivity index (χ0v) is 12.8. The average Bonchev–Trinajstić information content (AvgIpc) is 3.00. The summed E-state index contributed by atoms with van der Waals surface area (Å²) in [5.41, 5.74) is -0.247. The lowest BCUT2D eigenvalue weighted by molar-refractivity contribution is -0.120. The molecule has 7 nitrogen and oxygen atoms in total. The van der Waals surface area contributed by atoms with E-state index in [1.165, 1.54) is 11.8 Å². The van der Waals surface area contributed by atoms with E-state index in [1.54, 1.807) is 4.57 Å². The molecule has 2 unspecified atom stereocenters. The molecule has 21 heavy (non-hydrogen) atoms. The Morgan fingerprint density at radius 2 is 2.38 bits per heavy atom. The van der Waals surface area contributed by atoms with Crippen LogP contribution in [0.5, 0.6) is 0 Å². The predicted molar refractivity (Wildman–Crippen MR) is 78.3 cm³/mol. The third-order valence-electron chi connectivity index (χ3n) is 3.71. The van der Waals surface area contributed by atoms with Gasteiger partial charge in [0, 0.05) is 12.6 Å². The number of ether oxygens (including phenoxy) is 1. The van der Waals surface area contributed by atoms with E-state index in [4.69, 9.17) is 4.74 Å². The van der Waals surface area contributed by atoms with Crippen LogP contribution in [0.2, 0.25) is 0 Å². The zero-order chi connectivity index (χ0) is 14.8. The molecule has 1 amide bonds. The van der Waals surface area contributed by atoms with Gasteiger partial charge in [-0.2, -0.15) is 0 Å². The molecule has 2 aliphatic rings. The first-order valence-electron chi connectivity index (χ1n) is 7.37. The minimum Gasteiger partial charge on any atom is -0.376 e. The molecule has 1 saturated carbocycles. The second-order valence-corrected chi connectivity index (χ2v) is 6.91. The summed E-state index contributed by atoms with van der Waals surface area (Å²) < 4.78 is 7.13. The summed E-state index contributed by atoms with van der Waals surface area (Å²) in [6, 6.07) is 0.341. The SMILES string of the molecule is CC(Sc1n[nH]c(=O)n1CC1CCCO1)C(=O)NC1CC1. The third-order valence-corrected chi connectivity index (χ3v) is 4.80. The molecule has 1 aromatic heterocycles. The summed E-state index contributed by atoms with van der Waals surface area (Å²) in [4.78, 5) is 23.8. The molecule has 1 aliphatic carbocycles. The van der Waals surface area contributed by atoms with Crippen LogP contribution in [-0.2, 0) is 16.1 Å². The smallest absolute Gasteiger partial charge is 0.344 e. The minimum absolute atomic E-state index is 0.00150. The predicted octanol–water partition coefficient (Wildman–Crippen LogP) is 0.510. The quantitative estimate of drug-likeness (QED) is 0.747. The molecule has 0 spiro atoms. The molecule has 1 saturated heterocycles. The van der Waals surface area contributed by atoms with E-state index in [0.717, 1.165) is 32.3 Å². The van der Waals surface area contributed by atoms with Crippen LogP contribution in [0, 0.1) is 0 Å². The zero-order valence-electron chi connectivity index (χ0n) is 12.0. The lowest BCUT2D eigenvalue weighted by Crippen LogP contribution is -2.33. The fourth-order valence-electron chi connectivity index (χ4n) is 2.30. The van der Waals surface area contributed by atoms with Gasteiger partial charge >= 0.3 is 5.69 Å². The number of carbonyl (C=O) groups excluding carboxylic acids is 1. The first-order chi connectivity index (χ1) is 10.1. The monoisotopic (exact) mass is 312 g/mol. The van der Waals surface area contributed by atoms with Crippen molar-refractivity contribution in [2.45, 2.75) is 61.7 Å². The van der Waals surface area contributed by atoms with E-state index in [9.17, 15) is 9.59 Å². The van der Waals surface area contributed by atoms with Crippen molar-refractivity contribution in [3.05, 3.63) is 10.5 Å². The highest BCUT2D eigenvalue weighted by Crippen LogP contribution is 2.24. The second kappa shape index (κ2) is 6.23. The Morgan fingerprint density at radius 3 is 3.05 bits per heavy atom. The molecule has 1 aromatic rings. The number of thioether (sulfide) groups is 1. The average molecular weight is 312 g/mol. The number of H-pyrrole nitrogens is 1. The maximum absolute atomic E-state index is 12.0. The molecule has 2 atom stereocenters. The van der Waals surface area contributed by atoms with Gasteiger partial charge in [0.15, 0.2) is 5.16 Å². The molecular formula is C13H20N4O3S. The maximum Gasteiger partial charge on any atom is 0.344 e. The van der Waals surface area contributed by atoms with Gasteiger partial charge in [0.1, 0.15) is 0 Å². The summed E-state index contributed by atoms with van der Waals surface area (Å²) in [7, 11) is 0. The lowest BCUT2D eigenvalue weighted by Gasteiger charge is -2.13. The Kier molecular flexibility index (Phi) is 4.34. The van der Waals surface area contributed by atoms with Crippen molar-refractivity contribution in [3.8, 4) is 0 Å². The molecule has 2 heterocycles. The molecule has 0 bridgehead atoms. The van der Waals surface area contributed by atoms with Crippen molar-refractivity contribution in [3.63, 3.8) is 0 Å². The van der Waals surface area contributed by atoms with E-state index in [1.807, 2.05) is 6.92 Å². The van der Waals surface area contributed by atoms with Gasteiger partial charge in [-0.1, -0.05) is 11.8 Å². The largest absolute Gasteiger partial charge is 0.376 e. The number of hydrogen-bond donors (Lipinski definition) is 2. The lowest BCUT2D eigenvalue weighted by atomic mass is 10.2. The highest BCUT2D eigenvalue weighted by atomic mass is 32.2. The van der Waals surface area contributed by atoms with Crippen molar-refractivity contribution in [2.75, 3.05) is 6.61 Å². The second-order valence-electron chi connectivity index (χ2n) is 5.60. The van der Waals surface area contributed by atoms with Crippen molar-refractivity contribution in [2.24, 2.45) is 0 Å². The van der Waals surface area contributed by atoms with E-state index in [2.05, 4.69) is 15.5 Å². The van der Waals surface area contributed by atoms with E-state index in [0.29, 0.717) is 17.7 Å². The number of aromatic nitrogens is 3. The number of hydrogen-bond acceptors (Lipinski definition) is 5. The minimum atomic E-state index is -0.274. The van der Waals surface area contributed by atoms with Gasteiger partial charge in [-0.05, 0) is 32.6 Å². The van der Waals surface area contributed by atoms with Crippen LogP contribution >= 0.6 is 11.8 Å². The van der Waals surface area contributed by atoms with Crippen LogP contribution in [0.25, 0.3) is 0 Å². The van der Waals surface area contributed by atoms with Crippen LogP contribution in [0.15, 0.2) is 9.95 Å². The van der Waals surface area contributed by atoms with Crippen LogP contribution in [0.3, 0.4) is 0 Å². The van der Waals surface area contributed by atoms with Crippen molar-refractivity contribution < 1.29 is 9.53 Å². The maximum atomic E-state index is 12.0. The molecule has 0 radical (unpaired) electrons. The number of rotatable bonds is 6. The summed E-state index contributed by atoms with van der Waals surface area (Å²) in [6.07, 6.45) is 4.18. The number of nitrogens with one attached hydrogen (secondary N) is 2. The molecular weight excluding hydrogens is 292 g/mol. The highest BCUT2D eigenvalue weighted by Gasteiger charge is 2.27. The van der Waals surface area contributed by atoms with Crippen LogP contribution in [-0.4, -0.2) is 44.7 Å². The van der Waals surface area contributed by atoms with Gasteiger partial charge in [-0.3, -0.25) is 9.36 Å². The fraction of sp³-hybridized carbons (Fsp3) is 0.769. The standard InChI is InChI=1S/C13H20N4O3S/c1-8(11(18)14-9-4-5-9)21-13-16-15-12(19)17(13)7-10-3-2-6-20-10/h8-10H,2-7H2,1H3,(H,14,18)(H,15,19). The first kappa shape index (κ1) is 14.6. The fourth-order valence-corrected chi connectivity index (χ4v) is 3.18. The van der Waals surface area contributed by atoms with Crippen LogP contribution in [0.1, 0.15) is 32.6 Å². The molecule has 1 aliphatic heterocycles. The van der Waals surface area contributed by atoms with E-state index < -0.39 is 0 Å². The van der Waals surface area contributed by atoms with Gasteiger partial charge < -0.3 is 10.1 Å². The Bertz CT molecular complexity index is 560. The third kappa shape index (κ3) is 3.68. The van der Waals surface area contributed by atoms with Gasteiger partial charge in [-0.25, -0.2) is 9.89 Å². The number of carbonyl (C=O) groups is 1. The van der Waals surface area contributed by atoms with Crippen molar-refractivity contribution in [1.82, 2.24) is 20.1 Å². The van der Waals surface area contributed by atoms with E-state index in [-0.39, 0.29) is 23.0 Å².